The van der Waals surface area contributed by atoms with Crippen LogP contribution in [0.1, 0.15) is 40.3 Å². The van der Waals surface area contributed by atoms with Crippen LogP contribution in [-0.2, 0) is 0 Å². The van der Waals surface area contributed by atoms with Crippen LogP contribution in [0.2, 0.25) is 0 Å². The van der Waals surface area contributed by atoms with Crippen molar-refractivity contribution in [3.05, 3.63) is 89.0 Å². The number of halogens is 1. The second-order valence-electron chi connectivity index (χ2n) is 7.09. The number of hydrogen-bond donors (Lipinski definition) is 1. The van der Waals surface area contributed by atoms with Crippen LogP contribution in [0.25, 0.3) is 16.7 Å². The van der Waals surface area contributed by atoms with Crippen molar-refractivity contribution >= 4 is 16.9 Å². The smallest absolute Gasteiger partial charge is 0.252 e. The van der Waals surface area contributed by atoms with Gasteiger partial charge in [0.05, 0.1) is 28.4 Å². The summed E-state index contributed by atoms with van der Waals surface area (Å²) >= 11 is 0. The molecule has 29 heavy (non-hydrogen) atoms. The van der Waals surface area contributed by atoms with E-state index in [-0.39, 0.29) is 17.8 Å². The second kappa shape index (κ2) is 7.47. The molecule has 0 saturated carbocycles. The quantitative estimate of drug-likeness (QED) is 0.553. The zero-order chi connectivity index (χ0) is 20.5. The summed E-state index contributed by atoms with van der Waals surface area (Å²) in [5.41, 5.74) is 4.22. The van der Waals surface area contributed by atoms with Gasteiger partial charge in [0.2, 0.25) is 0 Å². The topological polar surface area (TPSA) is 59.8 Å². The maximum atomic E-state index is 13.3. The van der Waals surface area contributed by atoms with Gasteiger partial charge >= 0.3 is 0 Å². The molecular formula is C23H21FN4O. The third-order valence-electron chi connectivity index (χ3n) is 4.90. The number of pyridine rings is 1. The molecule has 1 unspecified atom stereocenters. The first-order valence-corrected chi connectivity index (χ1v) is 9.43. The number of fused-ring (bicyclic) bond motifs is 1. The van der Waals surface area contributed by atoms with Gasteiger partial charge in [-0.3, -0.25) is 4.79 Å². The van der Waals surface area contributed by atoms with Gasteiger partial charge in [0.1, 0.15) is 5.82 Å². The second-order valence-corrected chi connectivity index (χ2v) is 7.09. The van der Waals surface area contributed by atoms with Crippen molar-refractivity contribution in [3.63, 3.8) is 0 Å². The number of nitrogens with one attached hydrogen (secondary N) is 1. The van der Waals surface area contributed by atoms with Gasteiger partial charge in [-0.2, -0.15) is 5.10 Å². The molecule has 4 rings (SSSR count). The van der Waals surface area contributed by atoms with Gasteiger partial charge in [0.15, 0.2) is 5.65 Å². The Balaban J connectivity index is 1.77. The first kappa shape index (κ1) is 18.8. The normalized spacial score (nSPS) is 12.1. The Morgan fingerprint density at radius 3 is 2.45 bits per heavy atom. The fourth-order valence-corrected chi connectivity index (χ4v) is 3.45. The Morgan fingerprint density at radius 2 is 1.76 bits per heavy atom. The zero-order valence-electron chi connectivity index (χ0n) is 16.5. The highest BCUT2D eigenvalue weighted by molar-refractivity contribution is 6.07. The molecule has 0 bridgehead atoms. The third-order valence-corrected chi connectivity index (χ3v) is 4.90. The molecule has 0 aliphatic heterocycles. The van der Waals surface area contributed by atoms with E-state index in [0.29, 0.717) is 33.7 Å². The van der Waals surface area contributed by atoms with Crippen LogP contribution in [0.4, 0.5) is 4.39 Å². The van der Waals surface area contributed by atoms with Crippen LogP contribution in [0.5, 0.6) is 0 Å². The van der Waals surface area contributed by atoms with Gasteiger partial charge in [-0.1, -0.05) is 30.3 Å². The molecule has 4 aromatic rings. The van der Waals surface area contributed by atoms with Crippen molar-refractivity contribution in [1.29, 1.82) is 0 Å². The highest BCUT2D eigenvalue weighted by Crippen LogP contribution is 2.25. The minimum absolute atomic E-state index is 0.139. The molecule has 146 valence electrons. The summed E-state index contributed by atoms with van der Waals surface area (Å²) in [6.45, 7) is 5.64. The minimum atomic E-state index is -0.318. The van der Waals surface area contributed by atoms with Gasteiger partial charge in [0, 0.05) is 5.69 Å². The molecule has 5 nitrogen and oxygen atoms in total. The number of carbonyl (C=O) groups excluding carboxylic acids is 1. The number of nitrogens with zero attached hydrogens (tertiary/aromatic N) is 3. The van der Waals surface area contributed by atoms with Crippen molar-refractivity contribution in [2.24, 2.45) is 0 Å². The molecule has 0 fully saturated rings. The monoisotopic (exact) mass is 388 g/mol. The lowest BCUT2D eigenvalue weighted by Gasteiger charge is -2.15. The molecule has 0 spiro atoms. The van der Waals surface area contributed by atoms with Gasteiger partial charge in [-0.05, 0) is 56.7 Å². The van der Waals surface area contributed by atoms with E-state index >= 15 is 0 Å². The Morgan fingerprint density at radius 1 is 1.07 bits per heavy atom. The Hall–Kier alpha value is -3.54. The fraction of sp³-hybridized carbons (Fsp3) is 0.174. The van der Waals surface area contributed by atoms with Crippen LogP contribution in [-0.4, -0.2) is 20.7 Å². The summed E-state index contributed by atoms with van der Waals surface area (Å²) in [5, 5.41) is 8.32. The van der Waals surface area contributed by atoms with E-state index in [2.05, 4.69) is 15.4 Å². The highest BCUT2D eigenvalue weighted by Gasteiger charge is 2.21. The zero-order valence-corrected chi connectivity index (χ0v) is 16.5. The lowest BCUT2D eigenvalue weighted by molar-refractivity contribution is 0.0941. The number of aryl methyl sites for hydroxylation is 2. The van der Waals surface area contributed by atoms with Crippen molar-refractivity contribution in [3.8, 4) is 5.69 Å². The molecule has 2 aromatic heterocycles. The number of benzene rings is 2. The molecule has 1 N–H and O–H groups in total. The predicted octanol–water partition coefficient (Wildman–Crippen LogP) is 4.67. The molecule has 0 aliphatic carbocycles. The molecule has 1 atom stereocenters. The summed E-state index contributed by atoms with van der Waals surface area (Å²) in [6, 6.07) is 17.5. The molecule has 0 aliphatic rings. The summed E-state index contributed by atoms with van der Waals surface area (Å²) in [7, 11) is 0. The van der Waals surface area contributed by atoms with Crippen molar-refractivity contribution < 1.29 is 9.18 Å². The van der Waals surface area contributed by atoms with Gasteiger partial charge in [-0.25, -0.2) is 14.1 Å². The van der Waals surface area contributed by atoms with Crippen LogP contribution >= 0.6 is 0 Å². The number of carbonyl (C=O) groups is 1. The maximum Gasteiger partial charge on any atom is 0.252 e. The van der Waals surface area contributed by atoms with Gasteiger partial charge in [0.25, 0.3) is 5.91 Å². The van der Waals surface area contributed by atoms with E-state index in [1.54, 1.807) is 22.9 Å². The van der Waals surface area contributed by atoms with Crippen molar-refractivity contribution in [2.45, 2.75) is 26.8 Å². The van der Waals surface area contributed by atoms with E-state index in [1.165, 1.54) is 12.1 Å². The minimum Gasteiger partial charge on any atom is -0.345 e. The van der Waals surface area contributed by atoms with E-state index in [4.69, 9.17) is 0 Å². The van der Waals surface area contributed by atoms with E-state index in [0.717, 1.165) is 5.56 Å². The average molecular weight is 388 g/mol. The lowest BCUT2D eigenvalue weighted by Crippen LogP contribution is -2.27. The van der Waals surface area contributed by atoms with E-state index < -0.39 is 0 Å². The van der Waals surface area contributed by atoms with E-state index in [1.807, 2.05) is 51.1 Å². The number of amides is 1. The van der Waals surface area contributed by atoms with Gasteiger partial charge < -0.3 is 5.32 Å². The maximum absolute atomic E-state index is 13.3. The molecular weight excluding hydrogens is 367 g/mol. The number of aromatic nitrogens is 3. The predicted molar refractivity (Wildman–Crippen MR) is 111 cm³/mol. The molecule has 0 radical (unpaired) electrons. The average Bonchev–Trinajstić information content (AvgIpc) is 3.04. The number of hydrogen-bond acceptors (Lipinski definition) is 3. The number of rotatable bonds is 4. The Labute approximate surface area is 168 Å². The summed E-state index contributed by atoms with van der Waals surface area (Å²) < 4.78 is 15.0. The van der Waals surface area contributed by atoms with Crippen LogP contribution < -0.4 is 5.32 Å². The summed E-state index contributed by atoms with van der Waals surface area (Å²) in [5.74, 6) is -0.500. The molecule has 6 heteroatoms. The summed E-state index contributed by atoms with van der Waals surface area (Å²) in [6.07, 6.45) is 0. The first-order chi connectivity index (χ1) is 13.9. The van der Waals surface area contributed by atoms with Crippen LogP contribution in [0, 0.1) is 19.7 Å². The van der Waals surface area contributed by atoms with E-state index in [9.17, 15) is 9.18 Å². The lowest BCUT2D eigenvalue weighted by atomic mass is 10.1. The standard InChI is InChI=1S/C23H21FN4O/c1-14-13-20(23(29)26-15(2)17-7-5-4-6-8-17)21-16(3)27-28(22(21)25-14)19-11-9-18(24)10-12-19/h4-13,15H,1-3H3,(H,26,29). The summed E-state index contributed by atoms with van der Waals surface area (Å²) in [4.78, 5) is 17.7. The van der Waals surface area contributed by atoms with Gasteiger partial charge in [-0.15, -0.1) is 0 Å². The first-order valence-electron chi connectivity index (χ1n) is 9.43. The Bertz CT molecular complexity index is 1180. The molecule has 2 aromatic carbocycles. The molecule has 1 amide bonds. The molecule has 0 saturated heterocycles. The van der Waals surface area contributed by atoms with Crippen LogP contribution in [0.15, 0.2) is 60.7 Å². The SMILES string of the molecule is Cc1cc(C(=O)NC(C)c2ccccc2)c2c(C)nn(-c3ccc(F)cc3)c2n1. The molecule has 2 heterocycles. The van der Waals surface area contributed by atoms with Crippen molar-refractivity contribution in [2.75, 3.05) is 0 Å². The largest absolute Gasteiger partial charge is 0.345 e. The van der Waals surface area contributed by atoms with Crippen molar-refractivity contribution in [1.82, 2.24) is 20.1 Å². The fourth-order valence-electron chi connectivity index (χ4n) is 3.45. The third kappa shape index (κ3) is 3.61. The van der Waals surface area contributed by atoms with Crippen LogP contribution in [0.3, 0.4) is 0 Å². The highest BCUT2D eigenvalue weighted by atomic mass is 19.1. The Kier molecular flexibility index (Phi) is 4.84.